The molecular weight excluding hydrogens is 288 g/mol. The van der Waals surface area contributed by atoms with Crippen molar-refractivity contribution in [3.05, 3.63) is 71.8 Å². The minimum atomic E-state index is -0.769. The van der Waals surface area contributed by atoms with E-state index in [-0.39, 0.29) is 18.1 Å². The highest BCUT2D eigenvalue weighted by molar-refractivity contribution is 6.10. The molecule has 22 heavy (non-hydrogen) atoms. The Morgan fingerprint density at radius 1 is 1.27 bits per heavy atom. The van der Waals surface area contributed by atoms with Gasteiger partial charge in [-0.05, 0) is 24.3 Å². The largest absolute Gasteiger partial charge is 0.489 e. The second-order valence-electron chi connectivity index (χ2n) is 4.87. The molecule has 1 aliphatic heterocycles. The number of benzene rings is 2. The number of halogens is 2. The summed E-state index contributed by atoms with van der Waals surface area (Å²) in [6.07, 6.45) is 1.60. The summed E-state index contributed by atoms with van der Waals surface area (Å²) in [5.74, 6) is -1.21. The lowest BCUT2D eigenvalue weighted by Crippen LogP contribution is -2.24. The molecule has 0 spiro atoms. The number of hydrogen-bond donors (Lipinski definition) is 0. The predicted octanol–water partition coefficient (Wildman–Crippen LogP) is 3.69. The lowest BCUT2D eigenvalue weighted by atomic mass is 10.1. The van der Waals surface area contributed by atoms with Crippen LogP contribution in [-0.2, 0) is 6.54 Å². The van der Waals surface area contributed by atoms with Crippen molar-refractivity contribution in [2.45, 2.75) is 6.54 Å². The molecular formula is C17H13F2NO2. The van der Waals surface area contributed by atoms with E-state index in [1.807, 2.05) is 0 Å². The molecule has 0 atom stereocenters. The van der Waals surface area contributed by atoms with Gasteiger partial charge in [-0.15, -0.1) is 0 Å². The van der Waals surface area contributed by atoms with Gasteiger partial charge in [0.2, 0.25) is 0 Å². The SMILES string of the molecule is C=CCOc1cccc2c1CN(c1ccc(F)cc1F)C2=O. The summed E-state index contributed by atoms with van der Waals surface area (Å²) in [5.41, 5.74) is 1.21. The fourth-order valence-electron chi connectivity index (χ4n) is 2.48. The Bertz CT molecular complexity index is 758. The summed E-state index contributed by atoms with van der Waals surface area (Å²) >= 11 is 0. The van der Waals surface area contributed by atoms with Gasteiger partial charge in [-0.3, -0.25) is 4.79 Å². The summed E-state index contributed by atoms with van der Waals surface area (Å²) < 4.78 is 32.5. The molecule has 0 saturated carbocycles. The fraction of sp³-hybridized carbons (Fsp3) is 0.118. The van der Waals surface area contributed by atoms with Crippen LogP contribution in [0.2, 0.25) is 0 Å². The van der Waals surface area contributed by atoms with Crippen molar-refractivity contribution in [1.82, 2.24) is 0 Å². The molecule has 1 heterocycles. The van der Waals surface area contributed by atoms with E-state index in [1.165, 1.54) is 11.0 Å². The molecule has 0 fully saturated rings. The first-order valence-electron chi connectivity index (χ1n) is 6.74. The number of nitrogens with zero attached hydrogens (tertiary/aromatic N) is 1. The summed E-state index contributed by atoms with van der Waals surface area (Å²) in [4.78, 5) is 13.7. The molecule has 0 radical (unpaired) electrons. The molecule has 0 aromatic heterocycles. The van der Waals surface area contributed by atoms with Crippen LogP contribution in [0.4, 0.5) is 14.5 Å². The number of rotatable bonds is 4. The summed E-state index contributed by atoms with van der Waals surface area (Å²) in [5, 5.41) is 0. The molecule has 2 aromatic carbocycles. The molecule has 5 heteroatoms. The maximum Gasteiger partial charge on any atom is 0.259 e. The third-order valence-electron chi connectivity index (χ3n) is 3.48. The van der Waals surface area contributed by atoms with Crippen molar-refractivity contribution in [2.24, 2.45) is 0 Å². The van der Waals surface area contributed by atoms with Gasteiger partial charge < -0.3 is 9.64 Å². The van der Waals surface area contributed by atoms with Gasteiger partial charge in [0.15, 0.2) is 0 Å². The molecule has 112 valence electrons. The van der Waals surface area contributed by atoms with E-state index in [4.69, 9.17) is 4.74 Å². The van der Waals surface area contributed by atoms with Crippen molar-refractivity contribution >= 4 is 11.6 Å². The van der Waals surface area contributed by atoms with Gasteiger partial charge in [0, 0.05) is 17.2 Å². The molecule has 1 amide bonds. The van der Waals surface area contributed by atoms with Crippen molar-refractivity contribution in [3.8, 4) is 5.75 Å². The number of carbonyl (C=O) groups excluding carboxylic acids is 1. The van der Waals surface area contributed by atoms with Crippen LogP contribution >= 0.6 is 0 Å². The highest BCUT2D eigenvalue weighted by Gasteiger charge is 2.32. The van der Waals surface area contributed by atoms with Crippen molar-refractivity contribution in [1.29, 1.82) is 0 Å². The van der Waals surface area contributed by atoms with Gasteiger partial charge in [-0.1, -0.05) is 18.7 Å². The molecule has 0 N–H and O–H groups in total. The number of anilines is 1. The number of ether oxygens (including phenoxy) is 1. The number of carbonyl (C=O) groups is 1. The summed E-state index contributed by atoms with van der Waals surface area (Å²) in [6.45, 7) is 4.08. The van der Waals surface area contributed by atoms with Crippen LogP contribution in [-0.4, -0.2) is 12.5 Å². The minimum absolute atomic E-state index is 0.0530. The summed E-state index contributed by atoms with van der Waals surface area (Å²) in [7, 11) is 0. The second-order valence-corrected chi connectivity index (χ2v) is 4.87. The maximum absolute atomic E-state index is 13.9. The van der Waals surface area contributed by atoms with Crippen molar-refractivity contribution in [2.75, 3.05) is 11.5 Å². The Balaban J connectivity index is 1.98. The van der Waals surface area contributed by atoms with Gasteiger partial charge >= 0.3 is 0 Å². The molecule has 2 aromatic rings. The molecule has 0 saturated heterocycles. The Labute approximate surface area is 126 Å². The number of amides is 1. The van der Waals surface area contributed by atoms with Crippen molar-refractivity contribution < 1.29 is 18.3 Å². The zero-order chi connectivity index (χ0) is 15.7. The van der Waals surface area contributed by atoms with Gasteiger partial charge in [-0.2, -0.15) is 0 Å². The van der Waals surface area contributed by atoms with Crippen LogP contribution in [0.3, 0.4) is 0 Å². The van der Waals surface area contributed by atoms with Gasteiger partial charge in [0.1, 0.15) is 24.0 Å². The lowest BCUT2D eigenvalue weighted by Gasteiger charge is -2.16. The van der Waals surface area contributed by atoms with Crippen LogP contribution in [0.25, 0.3) is 0 Å². The normalized spacial score (nSPS) is 13.2. The van der Waals surface area contributed by atoms with Crippen molar-refractivity contribution in [3.63, 3.8) is 0 Å². The maximum atomic E-state index is 13.9. The monoisotopic (exact) mass is 301 g/mol. The first kappa shape index (κ1) is 14.3. The number of fused-ring (bicyclic) bond motifs is 1. The fourth-order valence-corrected chi connectivity index (χ4v) is 2.48. The predicted molar refractivity (Wildman–Crippen MR) is 79.0 cm³/mol. The van der Waals surface area contributed by atoms with Crippen LogP contribution < -0.4 is 9.64 Å². The van der Waals surface area contributed by atoms with E-state index in [9.17, 15) is 13.6 Å². The van der Waals surface area contributed by atoms with Crippen LogP contribution in [0.1, 0.15) is 15.9 Å². The second kappa shape index (κ2) is 5.60. The van der Waals surface area contributed by atoms with Gasteiger partial charge in [-0.25, -0.2) is 8.78 Å². The van der Waals surface area contributed by atoms with Crippen LogP contribution in [0.5, 0.6) is 5.75 Å². The summed E-state index contributed by atoms with van der Waals surface area (Å²) in [6, 6.07) is 8.28. The minimum Gasteiger partial charge on any atom is -0.489 e. The zero-order valence-electron chi connectivity index (χ0n) is 11.7. The topological polar surface area (TPSA) is 29.5 Å². The van der Waals surface area contributed by atoms with E-state index >= 15 is 0 Å². The van der Waals surface area contributed by atoms with E-state index < -0.39 is 11.6 Å². The quantitative estimate of drug-likeness (QED) is 0.806. The average molecular weight is 301 g/mol. The van der Waals surface area contributed by atoms with E-state index in [0.29, 0.717) is 23.5 Å². The Kier molecular flexibility index (Phi) is 3.63. The van der Waals surface area contributed by atoms with Crippen LogP contribution in [0, 0.1) is 11.6 Å². The Hall–Kier alpha value is -2.69. The zero-order valence-corrected chi connectivity index (χ0v) is 11.7. The van der Waals surface area contributed by atoms with E-state index in [1.54, 1.807) is 24.3 Å². The molecule has 0 bridgehead atoms. The first-order valence-corrected chi connectivity index (χ1v) is 6.74. The third-order valence-corrected chi connectivity index (χ3v) is 3.48. The van der Waals surface area contributed by atoms with Crippen LogP contribution in [0.15, 0.2) is 49.1 Å². The highest BCUT2D eigenvalue weighted by atomic mass is 19.1. The highest BCUT2D eigenvalue weighted by Crippen LogP contribution is 2.35. The molecule has 0 aliphatic carbocycles. The lowest BCUT2D eigenvalue weighted by molar-refractivity contribution is 0.0995. The Morgan fingerprint density at radius 3 is 2.82 bits per heavy atom. The standard InChI is InChI=1S/C17H13F2NO2/c1-2-8-22-16-5-3-4-12-13(16)10-20(17(12)21)15-7-6-11(18)9-14(15)19/h2-7,9H,1,8,10H2. The average Bonchev–Trinajstić information content (AvgIpc) is 2.83. The van der Waals surface area contributed by atoms with E-state index in [0.717, 1.165) is 12.1 Å². The number of hydrogen-bond acceptors (Lipinski definition) is 2. The molecule has 3 nitrogen and oxygen atoms in total. The third kappa shape index (κ3) is 2.35. The Morgan fingerprint density at radius 2 is 2.09 bits per heavy atom. The van der Waals surface area contributed by atoms with E-state index in [2.05, 4.69) is 6.58 Å². The smallest absolute Gasteiger partial charge is 0.259 e. The molecule has 0 unspecified atom stereocenters. The first-order chi connectivity index (χ1) is 10.6. The van der Waals surface area contributed by atoms with Gasteiger partial charge in [0.05, 0.1) is 12.2 Å². The molecule has 3 rings (SSSR count). The van der Waals surface area contributed by atoms with Gasteiger partial charge in [0.25, 0.3) is 5.91 Å². The molecule has 1 aliphatic rings.